The van der Waals surface area contributed by atoms with E-state index in [0.29, 0.717) is 0 Å². The Kier molecular flexibility index (Phi) is 1.93. The first-order valence-corrected chi connectivity index (χ1v) is 5.01. The van der Waals surface area contributed by atoms with Crippen molar-refractivity contribution in [3.05, 3.63) is 34.7 Å². The summed E-state index contributed by atoms with van der Waals surface area (Å²) in [6.45, 7) is 3.63. The maximum atomic E-state index is 11.3. The van der Waals surface area contributed by atoms with Crippen LogP contribution in [-0.2, 0) is 0 Å². The summed E-state index contributed by atoms with van der Waals surface area (Å²) < 4.78 is 1.20. The minimum Gasteiger partial charge on any atom is -0.294 e. The fraction of sp³-hybridized carbons (Fsp3) is 0.182. The van der Waals surface area contributed by atoms with Gasteiger partial charge in [0.25, 0.3) is 0 Å². The quantitative estimate of drug-likeness (QED) is 0.630. The number of rotatable bonds is 1. The molecule has 2 rings (SSSR count). The van der Waals surface area contributed by atoms with Crippen LogP contribution in [0.3, 0.4) is 0 Å². The maximum absolute atomic E-state index is 11.3. The molecule has 0 saturated heterocycles. The van der Waals surface area contributed by atoms with Crippen molar-refractivity contribution >= 4 is 27.2 Å². The number of Topliss-reactive ketones (excluding diaryl/α,β-unsaturated/α-hetero) is 1. The third kappa shape index (κ3) is 1.27. The first-order valence-electron chi connectivity index (χ1n) is 4.19. The lowest BCUT2D eigenvalue weighted by atomic mass is 10.1. The van der Waals surface area contributed by atoms with Crippen molar-refractivity contribution in [2.24, 2.45) is 0 Å². The second-order valence-electron chi connectivity index (χ2n) is 3.09. The summed E-state index contributed by atoms with van der Waals surface area (Å²) in [5, 5.41) is 1.09. The highest BCUT2D eigenvalue weighted by Gasteiger charge is 2.11. The van der Waals surface area contributed by atoms with Gasteiger partial charge in [-0.15, -0.1) is 11.3 Å². The number of fused-ring (bicyclic) bond motifs is 1. The van der Waals surface area contributed by atoms with E-state index in [4.69, 9.17) is 0 Å². The summed E-state index contributed by atoms with van der Waals surface area (Å²) in [7, 11) is 0. The van der Waals surface area contributed by atoms with Crippen LogP contribution in [0.15, 0.2) is 24.3 Å². The molecule has 0 N–H and O–H groups in total. The molecule has 0 aliphatic heterocycles. The van der Waals surface area contributed by atoms with Crippen LogP contribution in [-0.4, -0.2) is 5.78 Å². The van der Waals surface area contributed by atoms with Crippen LogP contribution in [0.4, 0.5) is 0 Å². The van der Waals surface area contributed by atoms with Crippen molar-refractivity contribution in [3.63, 3.8) is 0 Å². The molecule has 2 aromatic rings. The molecule has 1 heterocycles. The van der Waals surface area contributed by atoms with Crippen LogP contribution < -0.4 is 0 Å². The molecule has 0 radical (unpaired) electrons. The highest BCUT2D eigenvalue weighted by Crippen LogP contribution is 2.30. The number of benzene rings is 1. The van der Waals surface area contributed by atoms with Crippen molar-refractivity contribution in [2.45, 2.75) is 13.8 Å². The molecular formula is C11H10OS. The number of ketones is 1. The summed E-state index contributed by atoms with van der Waals surface area (Å²) in [4.78, 5) is 12.5. The molecule has 66 valence electrons. The van der Waals surface area contributed by atoms with Crippen LogP contribution in [0.1, 0.15) is 22.2 Å². The standard InChI is InChI=1S/C11H10OS/c1-7(12)11-8(2)13-10-6-4-3-5-9(10)11/h3-6H,1-2H3. The number of thiophene rings is 1. The number of aryl methyl sites for hydroxylation is 1. The summed E-state index contributed by atoms with van der Waals surface area (Å²) in [6, 6.07) is 8.04. The maximum Gasteiger partial charge on any atom is 0.161 e. The molecule has 0 bridgehead atoms. The van der Waals surface area contributed by atoms with Gasteiger partial charge >= 0.3 is 0 Å². The number of hydrogen-bond donors (Lipinski definition) is 0. The largest absolute Gasteiger partial charge is 0.294 e. The second kappa shape index (κ2) is 2.96. The molecule has 0 fully saturated rings. The molecule has 0 amide bonds. The van der Waals surface area contributed by atoms with Gasteiger partial charge in [0, 0.05) is 20.5 Å². The molecular weight excluding hydrogens is 180 g/mol. The van der Waals surface area contributed by atoms with Crippen molar-refractivity contribution in [1.82, 2.24) is 0 Å². The molecule has 0 saturated carbocycles. The number of hydrogen-bond acceptors (Lipinski definition) is 2. The molecule has 0 aliphatic rings. The zero-order valence-electron chi connectivity index (χ0n) is 7.63. The summed E-state index contributed by atoms with van der Waals surface area (Å²) in [5.41, 5.74) is 0.889. The molecule has 0 atom stereocenters. The first-order chi connectivity index (χ1) is 6.20. The van der Waals surface area contributed by atoms with Crippen LogP contribution in [0, 0.1) is 6.92 Å². The van der Waals surface area contributed by atoms with Crippen molar-refractivity contribution in [1.29, 1.82) is 0 Å². The van der Waals surface area contributed by atoms with E-state index in [9.17, 15) is 4.79 Å². The van der Waals surface area contributed by atoms with Crippen LogP contribution in [0.25, 0.3) is 10.1 Å². The fourth-order valence-corrected chi connectivity index (χ4v) is 2.72. The second-order valence-corrected chi connectivity index (χ2v) is 4.34. The van der Waals surface area contributed by atoms with E-state index >= 15 is 0 Å². The fourth-order valence-electron chi connectivity index (χ4n) is 1.61. The Labute approximate surface area is 81.0 Å². The van der Waals surface area contributed by atoms with Crippen molar-refractivity contribution < 1.29 is 4.79 Å². The minimum absolute atomic E-state index is 0.162. The Morgan fingerprint density at radius 3 is 2.69 bits per heavy atom. The van der Waals surface area contributed by atoms with Gasteiger partial charge in [0.15, 0.2) is 5.78 Å². The van der Waals surface area contributed by atoms with Gasteiger partial charge in [-0.25, -0.2) is 0 Å². The third-order valence-electron chi connectivity index (χ3n) is 2.12. The Morgan fingerprint density at radius 2 is 2.00 bits per heavy atom. The van der Waals surface area contributed by atoms with E-state index in [1.165, 1.54) is 4.70 Å². The normalized spacial score (nSPS) is 10.6. The monoisotopic (exact) mass is 190 g/mol. The average molecular weight is 190 g/mol. The molecule has 0 unspecified atom stereocenters. The summed E-state index contributed by atoms with van der Waals surface area (Å²) in [6.07, 6.45) is 0. The highest BCUT2D eigenvalue weighted by molar-refractivity contribution is 7.19. The number of carbonyl (C=O) groups excluding carboxylic acids is 1. The SMILES string of the molecule is CC(=O)c1c(C)sc2ccccc12. The predicted octanol–water partition coefficient (Wildman–Crippen LogP) is 3.41. The lowest BCUT2D eigenvalue weighted by Crippen LogP contribution is -1.91. The van der Waals surface area contributed by atoms with E-state index in [-0.39, 0.29) is 5.78 Å². The Balaban J connectivity index is 2.86. The van der Waals surface area contributed by atoms with Gasteiger partial charge in [-0.2, -0.15) is 0 Å². The molecule has 13 heavy (non-hydrogen) atoms. The zero-order chi connectivity index (χ0) is 9.42. The Hall–Kier alpha value is -1.15. The highest BCUT2D eigenvalue weighted by atomic mass is 32.1. The topological polar surface area (TPSA) is 17.1 Å². The van der Waals surface area contributed by atoms with Gasteiger partial charge in [-0.3, -0.25) is 4.79 Å². The van der Waals surface area contributed by atoms with Gasteiger partial charge in [0.1, 0.15) is 0 Å². The van der Waals surface area contributed by atoms with Crippen LogP contribution in [0.2, 0.25) is 0 Å². The molecule has 1 aromatic heterocycles. The van der Waals surface area contributed by atoms with E-state index in [1.807, 2.05) is 25.1 Å². The van der Waals surface area contributed by atoms with E-state index < -0.39 is 0 Å². The van der Waals surface area contributed by atoms with E-state index in [2.05, 4.69) is 6.07 Å². The molecule has 2 heteroatoms. The van der Waals surface area contributed by atoms with Gasteiger partial charge in [-0.05, 0) is 19.9 Å². The van der Waals surface area contributed by atoms with E-state index in [1.54, 1.807) is 18.3 Å². The average Bonchev–Trinajstić information content (AvgIpc) is 2.39. The molecule has 1 aromatic carbocycles. The molecule has 0 aliphatic carbocycles. The summed E-state index contributed by atoms with van der Waals surface area (Å²) >= 11 is 1.69. The van der Waals surface area contributed by atoms with Gasteiger partial charge in [0.2, 0.25) is 0 Å². The van der Waals surface area contributed by atoms with Crippen LogP contribution >= 0.6 is 11.3 Å². The van der Waals surface area contributed by atoms with Gasteiger partial charge < -0.3 is 0 Å². The Morgan fingerprint density at radius 1 is 1.31 bits per heavy atom. The molecule has 0 spiro atoms. The lowest BCUT2D eigenvalue weighted by molar-refractivity contribution is 0.101. The summed E-state index contributed by atoms with van der Waals surface area (Å²) in [5.74, 6) is 0.162. The molecule has 1 nitrogen and oxygen atoms in total. The number of carbonyl (C=O) groups is 1. The first kappa shape index (κ1) is 8.45. The smallest absolute Gasteiger partial charge is 0.161 e. The third-order valence-corrected chi connectivity index (χ3v) is 3.21. The lowest BCUT2D eigenvalue weighted by Gasteiger charge is -1.93. The van der Waals surface area contributed by atoms with E-state index in [0.717, 1.165) is 15.8 Å². The predicted molar refractivity (Wildman–Crippen MR) is 56.6 cm³/mol. The van der Waals surface area contributed by atoms with Gasteiger partial charge in [-0.1, -0.05) is 18.2 Å². The minimum atomic E-state index is 0.162. The zero-order valence-corrected chi connectivity index (χ0v) is 8.44. The Bertz CT molecular complexity index is 468. The van der Waals surface area contributed by atoms with Crippen molar-refractivity contribution in [2.75, 3.05) is 0 Å². The van der Waals surface area contributed by atoms with Crippen molar-refractivity contribution in [3.8, 4) is 0 Å². The van der Waals surface area contributed by atoms with Gasteiger partial charge in [0.05, 0.1) is 0 Å². The van der Waals surface area contributed by atoms with Crippen LogP contribution in [0.5, 0.6) is 0 Å².